The van der Waals surface area contributed by atoms with Crippen LogP contribution in [0.2, 0.25) is 0 Å². The number of aliphatic imine (C=N–C) groups is 1. The molecule has 0 bridgehead atoms. The van der Waals surface area contributed by atoms with Gasteiger partial charge in [0.25, 0.3) is 0 Å². The summed E-state index contributed by atoms with van der Waals surface area (Å²) in [5, 5.41) is 23.0. The summed E-state index contributed by atoms with van der Waals surface area (Å²) in [6.45, 7) is 4.80. The molecule has 0 aromatic rings. The number of guanidine groups is 1. The number of carboxylic acid groups (broad SMARTS) is 1. The Morgan fingerprint density at radius 3 is 2.17 bits per heavy atom. The van der Waals surface area contributed by atoms with Crippen molar-refractivity contribution in [3.05, 3.63) is 0 Å². The summed E-state index contributed by atoms with van der Waals surface area (Å²) in [6, 6.07) is -3.55. The Kier molecular flexibility index (Phi) is 16.2. The van der Waals surface area contributed by atoms with E-state index in [1.165, 1.54) is 0 Å². The number of carbonyl (C=O) groups excluding carboxylic acids is 4. The normalized spacial score (nSPS) is 16.9. The summed E-state index contributed by atoms with van der Waals surface area (Å²) in [7, 11) is 0. The van der Waals surface area contributed by atoms with E-state index in [0.717, 1.165) is 13.0 Å². The van der Waals surface area contributed by atoms with Crippen LogP contribution < -0.4 is 43.8 Å². The summed E-state index contributed by atoms with van der Waals surface area (Å²) < 4.78 is 0. The van der Waals surface area contributed by atoms with Gasteiger partial charge in [0, 0.05) is 6.54 Å². The highest BCUT2D eigenvalue weighted by Gasteiger charge is 2.30. The van der Waals surface area contributed by atoms with Crippen LogP contribution in [0.3, 0.4) is 0 Å². The fraction of sp³-hybridized carbons (Fsp3) is 0.760. The Labute approximate surface area is 235 Å². The van der Waals surface area contributed by atoms with Crippen molar-refractivity contribution in [2.24, 2.45) is 28.1 Å². The summed E-state index contributed by atoms with van der Waals surface area (Å²) in [4.78, 5) is 66.6. The quantitative estimate of drug-likeness (QED) is 0.0453. The van der Waals surface area contributed by atoms with Gasteiger partial charge in [-0.25, -0.2) is 4.79 Å². The predicted octanol–water partition coefficient (Wildman–Crippen LogP) is -2.38. The van der Waals surface area contributed by atoms with E-state index in [0.29, 0.717) is 32.2 Å². The van der Waals surface area contributed by atoms with Crippen molar-refractivity contribution >= 4 is 35.6 Å². The third kappa shape index (κ3) is 14.1. The highest BCUT2D eigenvalue weighted by Crippen LogP contribution is 2.09. The molecule has 228 valence electrons. The van der Waals surface area contributed by atoms with Crippen molar-refractivity contribution in [1.29, 1.82) is 0 Å². The number of rotatable bonds is 19. The first-order chi connectivity index (χ1) is 18.9. The third-order valence-electron chi connectivity index (χ3n) is 6.30. The number of hydrogen-bond acceptors (Lipinski definition) is 8. The molecule has 1 rings (SSSR count). The van der Waals surface area contributed by atoms with Gasteiger partial charge in [-0.05, 0) is 70.4 Å². The van der Waals surface area contributed by atoms with Crippen LogP contribution in [0, 0.1) is 5.92 Å². The van der Waals surface area contributed by atoms with Crippen molar-refractivity contribution in [2.45, 2.75) is 89.4 Å². The second-order valence-corrected chi connectivity index (χ2v) is 10.3. The summed E-state index contributed by atoms with van der Waals surface area (Å²) in [5.41, 5.74) is 16.1. The van der Waals surface area contributed by atoms with Crippen molar-refractivity contribution in [2.75, 3.05) is 26.2 Å². The van der Waals surface area contributed by atoms with Crippen LogP contribution in [0.4, 0.5) is 0 Å². The zero-order chi connectivity index (χ0) is 30.1. The molecule has 1 aliphatic heterocycles. The Morgan fingerprint density at radius 2 is 1.60 bits per heavy atom. The average molecular weight is 570 g/mol. The van der Waals surface area contributed by atoms with Gasteiger partial charge in [0.05, 0.1) is 12.6 Å². The maximum absolute atomic E-state index is 13.2. The highest BCUT2D eigenvalue weighted by molar-refractivity contribution is 5.94. The number of carboxylic acids is 1. The minimum absolute atomic E-state index is 0.0273. The van der Waals surface area contributed by atoms with Gasteiger partial charge < -0.3 is 48.9 Å². The van der Waals surface area contributed by atoms with Crippen LogP contribution in [0.1, 0.15) is 65.2 Å². The van der Waals surface area contributed by atoms with Gasteiger partial charge in [0.15, 0.2) is 5.96 Å². The largest absolute Gasteiger partial charge is 0.480 e. The lowest BCUT2D eigenvalue weighted by atomic mass is 10.0. The molecule has 1 heterocycles. The molecule has 0 spiro atoms. The average Bonchev–Trinajstić information content (AvgIpc) is 3.42. The molecule has 0 radical (unpaired) electrons. The van der Waals surface area contributed by atoms with E-state index in [1.54, 1.807) is 0 Å². The van der Waals surface area contributed by atoms with E-state index in [9.17, 15) is 29.1 Å². The molecule has 0 saturated carbocycles. The molecule has 40 heavy (non-hydrogen) atoms. The number of amides is 4. The number of nitrogens with one attached hydrogen (secondary N) is 5. The van der Waals surface area contributed by atoms with E-state index in [4.69, 9.17) is 17.2 Å². The van der Waals surface area contributed by atoms with Gasteiger partial charge in [-0.15, -0.1) is 0 Å². The SMILES string of the molecule is CC(C)C[C@H](NC(=O)CNC(=O)[C@@H]1CCCN1)C(=O)N[C@@H](CCCCN)C(=O)N[C@@H](CCCN=C(N)N)C(=O)O. The van der Waals surface area contributed by atoms with Crippen molar-refractivity contribution in [3.8, 4) is 0 Å². The molecule has 4 atom stereocenters. The molecule has 0 unspecified atom stereocenters. The van der Waals surface area contributed by atoms with Gasteiger partial charge >= 0.3 is 5.97 Å². The summed E-state index contributed by atoms with van der Waals surface area (Å²) in [6.07, 6.45) is 3.59. The van der Waals surface area contributed by atoms with Crippen LogP contribution in [-0.4, -0.2) is 91.0 Å². The zero-order valence-electron chi connectivity index (χ0n) is 23.5. The summed E-state index contributed by atoms with van der Waals surface area (Å²) in [5.74, 6) is -3.38. The molecule has 0 aromatic heterocycles. The molecule has 0 aromatic carbocycles. The first kappa shape index (κ1) is 34.6. The monoisotopic (exact) mass is 569 g/mol. The van der Waals surface area contributed by atoms with E-state index in [2.05, 4.69) is 31.6 Å². The molecule has 1 aliphatic rings. The molecule has 15 heteroatoms. The van der Waals surface area contributed by atoms with Crippen LogP contribution in [-0.2, 0) is 24.0 Å². The van der Waals surface area contributed by atoms with Gasteiger partial charge in [0.1, 0.15) is 18.1 Å². The van der Waals surface area contributed by atoms with Crippen LogP contribution in [0.15, 0.2) is 4.99 Å². The molecule has 4 amide bonds. The predicted molar refractivity (Wildman–Crippen MR) is 150 cm³/mol. The lowest BCUT2D eigenvalue weighted by molar-refractivity contribution is -0.142. The molecule has 15 nitrogen and oxygen atoms in total. The molecule has 12 N–H and O–H groups in total. The maximum atomic E-state index is 13.2. The number of hydrogen-bond donors (Lipinski definition) is 9. The van der Waals surface area contributed by atoms with Crippen LogP contribution in [0.25, 0.3) is 0 Å². The first-order valence-electron chi connectivity index (χ1n) is 13.8. The number of unbranched alkanes of at least 4 members (excludes halogenated alkanes) is 1. The lowest BCUT2D eigenvalue weighted by Crippen LogP contribution is -2.56. The fourth-order valence-electron chi connectivity index (χ4n) is 4.21. The minimum atomic E-state index is -1.23. The standard InChI is InChI=1S/C25H47N9O6/c1-15(2)13-19(32-20(35)14-31-21(36)16-8-5-11-29-16)23(38)33-17(7-3-4-10-26)22(37)34-18(24(39)40)9-6-12-30-25(27)28/h15-19,29H,3-14,26H2,1-2H3,(H,31,36)(H,32,35)(H,33,38)(H,34,37)(H,39,40)(H4,27,28,30)/t16-,17-,18-,19-/m0/s1. The lowest BCUT2D eigenvalue weighted by Gasteiger charge is -2.25. The minimum Gasteiger partial charge on any atom is -0.480 e. The van der Waals surface area contributed by atoms with Gasteiger partial charge in [0.2, 0.25) is 23.6 Å². The second kappa shape index (κ2) is 18.8. The van der Waals surface area contributed by atoms with Gasteiger partial charge in [-0.3, -0.25) is 24.2 Å². The fourth-order valence-corrected chi connectivity index (χ4v) is 4.21. The van der Waals surface area contributed by atoms with E-state index in [1.807, 2.05) is 13.8 Å². The number of nitrogens with zero attached hydrogens (tertiary/aromatic N) is 1. The number of carbonyl (C=O) groups is 5. The van der Waals surface area contributed by atoms with Gasteiger partial charge in [-0.2, -0.15) is 0 Å². The smallest absolute Gasteiger partial charge is 0.326 e. The first-order valence-corrected chi connectivity index (χ1v) is 13.8. The van der Waals surface area contributed by atoms with E-state index < -0.39 is 41.8 Å². The molecule has 1 saturated heterocycles. The maximum Gasteiger partial charge on any atom is 0.326 e. The van der Waals surface area contributed by atoms with Crippen molar-refractivity contribution < 1.29 is 29.1 Å². The summed E-state index contributed by atoms with van der Waals surface area (Å²) >= 11 is 0. The zero-order valence-corrected chi connectivity index (χ0v) is 23.5. The van der Waals surface area contributed by atoms with Crippen LogP contribution >= 0.6 is 0 Å². The topological polar surface area (TPSA) is 256 Å². The van der Waals surface area contributed by atoms with Crippen molar-refractivity contribution in [3.63, 3.8) is 0 Å². The van der Waals surface area contributed by atoms with E-state index >= 15 is 0 Å². The van der Waals surface area contributed by atoms with E-state index in [-0.39, 0.29) is 56.2 Å². The molecular formula is C25H47N9O6. The van der Waals surface area contributed by atoms with Crippen molar-refractivity contribution in [1.82, 2.24) is 26.6 Å². The Bertz CT molecular complexity index is 873. The van der Waals surface area contributed by atoms with Crippen LogP contribution in [0.5, 0.6) is 0 Å². The molecule has 0 aliphatic carbocycles. The second-order valence-electron chi connectivity index (χ2n) is 10.3. The Balaban J connectivity index is 2.85. The van der Waals surface area contributed by atoms with Gasteiger partial charge in [-0.1, -0.05) is 13.8 Å². The third-order valence-corrected chi connectivity index (χ3v) is 6.30. The number of nitrogens with two attached hydrogens (primary N) is 3. The molecule has 1 fully saturated rings. The number of aliphatic carboxylic acids is 1. The molecular weight excluding hydrogens is 522 g/mol. The highest BCUT2D eigenvalue weighted by atomic mass is 16.4. The Hall–Kier alpha value is -3.46. The Morgan fingerprint density at radius 1 is 0.950 bits per heavy atom.